The number of aryl methyl sites for hydroxylation is 1. The monoisotopic (exact) mass is 344 g/mol. The lowest BCUT2D eigenvalue weighted by molar-refractivity contribution is -0.125. The summed E-state index contributed by atoms with van der Waals surface area (Å²) in [5, 5.41) is 6.32. The van der Waals surface area contributed by atoms with Gasteiger partial charge in [-0.2, -0.15) is 0 Å². The van der Waals surface area contributed by atoms with Crippen LogP contribution in [0.2, 0.25) is 0 Å². The van der Waals surface area contributed by atoms with Crippen LogP contribution < -0.4 is 10.6 Å². The summed E-state index contributed by atoms with van der Waals surface area (Å²) in [6, 6.07) is 5.77. The topological polar surface area (TPSA) is 69.8 Å². The molecule has 1 atom stereocenters. The third-order valence-electron chi connectivity index (χ3n) is 4.00. The number of nitrogens with zero attached hydrogens (tertiary/aromatic N) is 1. The summed E-state index contributed by atoms with van der Waals surface area (Å²) in [6.45, 7) is 5.69. The molecule has 1 aromatic heterocycles. The van der Waals surface area contributed by atoms with Gasteiger partial charge in [-0.15, -0.1) is 24.8 Å². The first kappa shape index (κ1) is 18.7. The number of imidazole rings is 1. The maximum Gasteiger partial charge on any atom is 0.231 e. The predicted octanol–water partition coefficient (Wildman–Crippen LogP) is 3.04. The largest absolute Gasteiger partial charge is 0.342 e. The Morgan fingerprint density at radius 3 is 2.82 bits per heavy atom. The van der Waals surface area contributed by atoms with E-state index in [4.69, 9.17) is 0 Å². The molecule has 1 amide bonds. The van der Waals surface area contributed by atoms with Crippen LogP contribution in [-0.2, 0) is 4.79 Å². The first-order chi connectivity index (χ1) is 9.57. The van der Waals surface area contributed by atoms with Crippen LogP contribution in [0.3, 0.4) is 0 Å². The molecule has 22 heavy (non-hydrogen) atoms. The lowest BCUT2D eigenvalue weighted by Crippen LogP contribution is -2.46. The van der Waals surface area contributed by atoms with E-state index < -0.39 is 0 Å². The first-order valence-electron chi connectivity index (χ1n) is 7.05. The molecule has 0 bridgehead atoms. The van der Waals surface area contributed by atoms with Crippen LogP contribution in [0.5, 0.6) is 0 Å². The average Bonchev–Trinajstić information content (AvgIpc) is 2.79. The number of fused-ring (bicyclic) bond motifs is 1. The first-order valence-corrected chi connectivity index (χ1v) is 7.05. The van der Waals surface area contributed by atoms with Gasteiger partial charge >= 0.3 is 0 Å². The SMILES string of the molecule is Cc1nc2ccc(NC(=O)C3(C)CCCNC3)cc2[nH]1.Cl.Cl. The van der Waals surface area contributed by atoms with Gasteiger partial charge in [0.15, 0.2) is 0 Å². The van der Waals surface area contributed by atoms with Gasteiger partial charge in [-0.3, -0.25) is 4.79 Å². The number of carbonyl (C=O) groups is 1. The van der Waals surface area contributed by atoms with Gasteiger partial charge < -0.3 is 15.6 Å². The quantitative estimate of drug-likeness (QED) is 0.784. The number of aromatic amines is 1. The summed E-state index contributed by atoms with van der Waals surface area (Å²) in [5.41, 5.74) is 2.37. The van der Waals surface area contributed by atoms with E-state index in [-0.39, 0.29) is 36.1 Å². The number of H-pyrrole nitrogens is 1. The van der Waals surface area contributed by atoms with Gasteiger partial charge in [-0.1, -0.05) is 0 Å². The highest BCUT2D eigenvalue weighted by Gasteiger charge is 2.34. The molecule has 3 N–H and O–H groups in total. The minimum Gasteiger partial charge on any atom is -0.342 e. The second kappa shape index (κ2) is 7.31. The summed E-state index contributed by atoms with van der Waals surface area (Å²) >= 11 is 0. The number of amides is 1. The van der Waals surface area contributed by atoms with E-state index in [1.54, 1.807) is 0 Å². The molecule has 2 aromatic rings. The Labute approximate surface area is 142 Å². The van der Waals surface area contributed by atoms with E-state index in [0.717, 1.165) is 48.5 Å². The molecule has 1 unspecified atom stereocenters. The minimum atomic E-state index is -0.322. The van der Waals surface area contributed by atoms with Crippen molar-refractivity contribution in [1.82, 2.24) is 15.3 Å². The molecule has 0 saturated carbocycles. The van der Waals surface area contributed by atoms with Crippen LogP contribution in [-0.4, -0.2) is 29.0 Å². The maximum absolute atomic E-state index is 12.5. The van der Waals surface area contributed by atoms with Gasteiger partial charge in [0.2, 0.25) is 5.91 Å². The van der Waals surface area contributed by atoms with Gasteiger partial charge in [-0.25, -0.2) is 4.98 Å². The van der Waals surface area contributed by atoms with E-state index in [2.05, 4.69) is 20.6 Å². The highest BCUT2D eigenvalue weighted by atomic mass is 35.5. The molecule has 1 fully saturated rings. The zero-order chi connectivity index (χ0) is 14.2. The van der Waals surface area contributed by atoms with Crippen molar-refractivity contribution in [3.8, 4) is 0 Å². The molecule has 2 heterocycles. The number of anilines is 1. The Morgan fingerprint density at radius 2 is 2.14 bits per heavy atom. The smallest absolute Gasteiger partial charge is 0.231 e. The number of hydrogen-bond acceptors (Lipinski definition) is 3. The van der Waals surface area contributed by atoms with Crippen molar-refractivity contribution in [2.24, 2.45) is 5.41 Å². The standard InChI is InChI=1S/C15H20N4O.2ClH/c1-10-17-12-5-4-11(8-13(12)18-10)19-14(20)15(2)6-3-7-16-9-15;;/h4-5,8,16H,3,6-7,9H2,1-2H3,(H,17,18)(H,19,20);2*1H. The van der Waals surface area contributed by atoms with E-state index in [1.165, 1.54) is 0 Å². The Balaban J connectivity index is 0.00000121. The average molecular weight is 345 g/mol. The number of piperidine rings is 1. The maximum atomic E-state index is 12.5. The van der Waals surface area contributed by atoms with Crippen molar-refractivity contribution < 1.29 is 4.79 Å². The number of carbonyl (C=O) groups excluding carboxylic acids is 1. The molecule has 1 aliphatic heterocycles. The Morgan fingerprint density at radius 1 is 1.36 bits per heavy atom. The lowest BCUT2D eigenvalue weighted by atomic mass is 9.82. The van der Waals surface area contributed by atoms with Crippen LogP contribution in [0.1, 0.15) is 25.6 Å². The van der Waals surface area contributed by atoms with Crippen molar-refractivity contribution in [2.45, 2.75) is 26.7 Å². The number of rotatable bonds is 2. The van der Waals surface area contributed by atoms with Gasteiger partial charge in [0, 0.05) is 12.2 Å². The Hall–Kier alpha value is -1.30. The molecule has 0 aliphatic carbocycles. The third-order valence-corrected chi connectivity index (χ3v) is 4.00. The van der Waals surface area contributed by atoms with Crippen molar-refractivity contribution in [3.05, 3.63) is 24.0 Å². The van der Waals surface area contributed by atoms with Crippen molar-refractivity contribution in [3.63, 3.8) is 0 Å². The number of halogens is 2. The fraction of sp³-hybridized carbons (Fsp3) is 0.467. The number of benzene rings is 1. The molecule has 1 saturated heterocycles. The molecule has 3 rings (SSSR count). The van der Waals surface area contributed by atoms with Crippen molar-refractivity contribution in [2.75, 3.05) is 18.4 Å². The Bertz CT molecular complexity index is 650. The van der Waals surface area contributed by atoms with Crippen LogP contribution in [0, 0.1) is 12.3 Å². The summed E-state index contributed by atoms with van der Waals surface area (Å²) < 4.78 is 0. The highest BCUT2D eigenvalue weighted by molar-refractivity contribution is 5.96. The highest BCUT2D eigenvalue weighted by Crippen LogP contribution is 2.27. The third kappa shape index (κ3) is 3.72. The fourth-order valence-electron chi connectivity index (χ4n) is 2.75. The van der Waals surface area contributed by atoms with E-state index >= 15 is 0 Å². The van der Waals surface area contributed by atoms with E-state index in [1.807, 2.05) is 32.0 Å². The van der Waals surface area contributed by atoms with Crippen LogP contribution in [0.25, 0.3) is 11.0 Å². The normalized spacial score (nSPS) is 20.8. The van der Waals surface area contributed by atoms with Crippen molar-refractivity contribution in [1.29, 1.82) is 0 Å². The zero-order valence-corrected chi connectivity index (χ0v) is 14.4. The van der Waals surface area contributed by atoms with E-state index in [9.17, 15) is 4.79 Å². The molecule has 5 nitrogen and oxygen atoms in total. The van der Waals surface area contributed by atoms with Crippen LogP contribution in [0.4, 0.5) is 5.69 Å². The predicted molar refractivity (Wildman–Crippen MR) is 94.2 cm³/mol. The van der Waals surface area contributed by atoms with Gasteiger partial charge in [0.25, 0.3) is 0 Å². The minimum absolute atomic E-state index is 0. The van der Waals surface area contributed by atoms with Gasteiger partial charge in [0.1, 0.15) is 5.82 Å². The summed E-state index contributed by atoms with van der Waals surface area (Å²) in [7, 11) is 0. The van der Waals surface area contributed by atoms with Gasteiger partial charge in [0.05, 0.1) is 16.4 Å². The van der Waals surface area contributed by atoms with Crippen molar-refractivity contribution >= 4 is 47.4 Å². The zero-order valence-electron chi connectivity index (χ0n) is 12.7. The molecule has 7 heteroatoms. The lowest BCUT2D eigenvalue weighted by Gasteiger charge is -2.32. The van der Waals surface area contributed by atoms with Gasteiger partial charge in [-0.05, 0) is 51.4 Å². The molecule has 122 valence electrons. The summed E-state index contributed by atoms with van der Waals surface area (Å²) in [6.07, 6.45) is 1.97. The van der Waals surface area contributed by atoms with Crippen LogP contribution in [0.15, 0.2) is 18.2 Å². The molecular formula is C15H22Cl2N4O. The molecule has 0 spiro atoms. The number of aromatic nitrogens is 2. The second-order valence-corrected chi connectivity index (χ2v) is 5.85. The molecule has 1 aromatic carbocycles. The summed E-state index contributed by atoms with van der Waals surface area (Å²) in [5.74, 6) is 0.965. The number of hydrogen-bond donors (Lipinski definition) is 3. The van der Waals surface area contributed by atoms with E-state index in [0.29, 0.717) is 0 Å². The number of nitrogens with one attached hydrogen (secondary N) is 3. The molecule has 0 radical (unpaired) electrons. The second-order valence-electron chi connectivity index (χ2n) is 5.85. The van der Waals surface area contributed by atoms with Crippen LogP contribution >= 0.6 is 24.8 Å². The molecule has 1 aliphatic rings. The Kier molecular flexibility index (Phi) is 6.23. The molecular weight excluding hydrogens is 323 g/mol. The summed E-state index contributed by atoms with van der Waals surface area (Å²) in [4.78, 5) is 20.0. The fourth-order valence-corrected chi connectivity index (χ4v) is 2.75.